The van der Waals surface area contributed by atoms with Crippen LogP contribution in [-0.2, 0) is 11.3 Å². The summed E-state index contributed by atoms with van der Waals surface area (Å²) in [6.45, 7) is 2.26. The fraction of sp³-hybridized carbons (Fsp3) is 0.562. The molecule has 1 unspecified atom stereocenters. The van der Waals surface area contributed by atoms with Crippen molar-refractivity contribution in [2.45, 2.75) is 25.8 Å². The smallest absolute Gasteiger partial charge is 0.311 e. The molecule has 1 aromatic rings. The fourth-order valence-electron chi connectivity index (χ4n) is 3.50. The van der Waals surface area contributed by atoms with Gasteiger partial charge in [0, 0.05) is 18.5 Å². The van der Waals surface area contributed by atoms with Gasteiger partial charge in [-0.3, -0.25) is 14.9 Å². The molecule has 1 aliphatic heterocycles. The van der Waals surface area contributed by atoms with Crippen LogP contribution in [0.25, 0.3) is 0 Å². The molecular weight excluding hydrogens is 334 g/mol. The second-order valence-corrected chi connectivity index (χ2v) is 6.35. The van der Waals surface area contributed by atoms with Crippen molar-refractivity contribution in [2.24, 2.45) is 11.3 Å². The predicted octanol–water partition coefficient (Wildman–Crippen LogP) is 2.03. The third-order valence-corrected chi connectivity index (χ3v) is 5.01. The van der Waals surface area contributed by atoms with Gasteiger partial charge in [0.15, 0.2) is 5.75 Å². The van der Waals surface area contributed by atoms with Crippen LogP contribution in [0.5, 0.6) is 5.75 Å². The third kappa shape index (κ3) is 3.62. The van der Waals surface area contributed by atoms with E-state index in [1.54, 1.807) is 12.1 Å². The largest absolute Gasteiger partial charge is 0.490 e. The Bertz CT molecular complexity index is 632. The molecule has 1 atom stereocenters. The van der Waals surface area contributed by atoms with Crippen LogP contribution in [0.4, 0.5) is 5.69 Å². The van der Waals surface area contributed by atoms with E-state index in [0.29, 0.717) is 12.1 Å². The first-order chi connectivity index (χ1) is 11.1. The number of benzene rings is 1. The van der Waals surface area contributed by atoms with Crippen molar-refractivity contribution in [3.63, 3.8) is 0 Å². The topological polar surface area (TPSA) is 93.5 Å². The normalized spacial score (nSPS) is 20.8. The van der Waals surface area contributed by atoms with Crippen LogP contribution in [0.3, 0.4) is 0 Å². The summed E-state index contributed by atoms with van der Waals surface area (Å²) >= 11 is 0. The van der Waals surface area contributed by atoms with E-state index in [4.69, 9.17) is 4.74 Å². The Morgan fingerprint density at radius 3 is 2.79 bits per heavy atom. The van der Waals surface area contributed by atoms with Gasteiger partial charge in [-0.1, -0.05) is 6.07 Å². The summed E-state index contributed by atoms with van der Waals surface area (Å²) in [5.41, 5.74) is 0.813. The molecule has 24 heavy (non-hydrogen) atoms. The van der Waals surface area contributed by atoms with E-state index in [1.165, 1.54) is 13.2 Å². The van der Waals surface area contributed by atoms with Crippen molar-refractivity contribution in [1.82, 2.24) is 10.6 Å². The van der Waals surface area contributed by atoms with Crippen molar-refractivity contribution in [3.05, 3.63) is 33.9 Å². The number of nitrogens with one attached hydrogen (secondary N) is 2. The van der Waals surface area contributed by atoms with E-state index >= 15 is 0 Å². The second kappa shape index (κ2) is 7.36. The summed E-state index contributed by atoms with van der Waals surface area (Å²) in [6.07, 6.45) is 3.07. The van der Waals surface area contributed by atoms with Crippen LogP contribution in [0.15, 0.2) is 18.2 Å². The minimum absolute atomic E-state index is 0. The van der Waals surface area contributed by atoms with Crippen molar-refractivity contribution in [1.29, 1.82) is 0 Å². The molecule has 132 valence electrons. The molecule has 0 bridgehead atoms. The molecular formula is C16H22ClN3O4. The van der Waals surface area contributed by atoms with Crippen LogP contribution in [0, 0.1) is 21.4 Å². The van der Waals surface area contributed by atoms with Gasteiger partial charge in [0.05, 0.1) is 12.0 Å². The second-order valence-electron chi connectivity index (χ2n) is 6.35. The molecule has 8 heteroatoms. The number of halogens is 1. The highest BCUT2D eigenvalue weighted by Crippen LogP contribution is 2.58. The Hall–Kier alpha value is -1.86. The average Bonchev–Trinajstić information content (AvgIpc) is 3.26. The molecule has 1 spiro atoms. The third-order valence-electron chi connectivity index (χ3n) is 5.01. The number of amides is 1. The van der Waals surface area contributed by atoms with E-state index in [0.717, 1.165) is 32.4 Å². The molecule has 3 rings (SSSR count). The highest BCUT2D eigenvalue weighted by molar-refractivity contribution is 5.85. The number of carbonyl (C=O) groups is 1. The molecule has 1 saturated carbocycles. The van der Waals surface area contributed by atoms with Crippen molar-refractivity contribution < 1.29 is 14.5 Å². The van der Waals surface area contributed by atoms with Crippen molar-refractivity contribution >= 4 is 24.0 Å². The van der Waals surface area contributed by atoms with Gasteiger partial charge in [-0.25, -0.2) is 0 Å². The summed E-state index contributed by atoms with van der Waals surface area (Å²) in [4.78, 5) is 22.9. The number of hydrogen-bond donors (Lipinski definition) is 2. The van der Waals surface area contributed by atoms with E-state index in [1.807, 2.05) is 0 Å². The monoisotopic (exact) mass is 355 g/mol. The van der Waals surface area contributed by atoms with Crippen molar-refractivity contribution in [3.8, 4) is 5.75 Å². The molecule has 1 aliphatic carbocycles. The summed E-state index contributed by atoms with van der Waals surface area (Å²) in [5.74, 6) is 0.379. The van der Waals surface area contributed by atoms with Crippen molar-refractivity contribution in [2.75, 3.05) is 20.2 Å². The highest BCUT2D eigenvalue weighted by atomic mass is 35.5. The number of nitro groups is 1. The van der Waals surface area contributed by atoms with E-state index < -0.39 is 4.92 Å². The summed E-state index contributed by atoms with van der Waals surface area (Å²) < 4.78 is 4.98. The number of hydrogen-bond acceptors (Lipinski definition) is 5. The lowest BCUT2D eigenvalue weighted by Gasteiger charge is -2.23. The molecule has 2 aliphatic rings. The van der Waals surface area contributed by atoms with Gasteiger partial charge in [-0.05, 0) is 49.4 Å². The van der Waals surface area contributed by atoms with Crippen LogP contribution in [-0.4, -0.2) is 31.0 Å². The van der Waals surface area contributed by atoms with Crippen LogP contribution in [0.2, 0.25) is 0 Å². The van der Waals surface area contributed by atoms with Gasteiger partial charge in [0.1, 0.15) is 0 Å². The fourth-order valence-corrected chi connectivity index (χ4v) is 3.50. The van der Waals surface area contributed by atoms with Gasteiger partial charge in [-0.15, -0.1) is 12.4 Å². The maximum Gasteiger partial charge on any atom is 0.311 e. The van der Waals surface area contributed by atoms with Gasteiger partial charge in [0.2, 0.25) is 5.91 Å². The molecule has 1 aromatic carbocycles. The van der Waals surface area contributed by atoms with Gasteiger partial charge < -0.3 is 15.4 Å². The molecule has 0 aromatic heterocycles. The van der Waals surface area contributed by atoms with E-state index in [-0.39, 0.29) is 41.1 Å². The highest BCUT2D eigenvalue weighted by Gasteiger charge is 2.57. The molecule has 1 heterocycles. The van der Waals surface area contributed by atoms with E-state index in [2.05, 4.69) is 10.6 Å². The molecule has 0 radical (unpaired) electrons. The summed E-state index contributed by atoms with van der Waals surface area (Å²) in [6, 6.07) is 4.75. The van der Waals surface area contributed by atoms with Gasteiger partial charge in [-0.2, -0.15) is 0 Å². The molecule has 7 nitrogen and oxygen atoms in total. The zero-order valence-corrected chi connectivity index (χ0v) is 14.4. The number of ether oxygens (including phenoxy) is 1. The molecule has 1 saturated heterocycles. The first-order valence-electron chi connectivity index (χ1n) is 7.85. The van der Waals surface area contributed by atoms with Gasteiger partial charge in [0.25, 0.3) is 0 Å². The minimum Gasteiger partial charge on any atom is -0.490 e. The lowest BCUT2D eigenvalue weighted by molar-refractivity contribution is -0.385. The zero-order valence-electron chi connectivity index (χ0n) is 13.5. The van der Waals surface area contributed by atoms with E-state index in [9.17, 15) is 14.9 Å². The number of rotatable bonds is 5. The first-order valence-corrected chi connectivity index (χ1v) is 7.85. The average molecular weight is 356 g/mol. The number of nitro benzene ring substituents is 1. The molecule has 2 fully saturated rings. The Balaban J connectivity index is 0.00000208. The Morgan fingerprint density at radius 2 is 2.17 bits per heavy atom. The predicted molar refractivity (Wildman–Crippen MR) is 91.4 cm³/mol. The maximum atomic E-state index is 12.3. The number of piperidine rings is 1. The molecule has 2 N–H and O–H groups in total. The van der Waals surface area contributed by atoms with Crippen LogP contribution < -0.4 is 15.4 Å². The van der Waals surface area contributed by atoms with Gasteiger partial charge >= 0.3 is 5.69 Å². The Kier molecular flexibility index (Phi) is 5.66. The lowest BCUT2D eigenvalue weighted by atomic mass is 9.92. The quantitative estimate of drug-likeness (QED) is 0.622. The summed E-state index contributed by atoms with van der Waals surface area (Å²) in [7, 11) is 1.40. The Morgan fingerprint density at radius 1 is 1.46 bits per heavy atom. The lowest BCUT2D eigenvalue weighted by Crippen LogP contribution is -2.33. The van der Waals surface area contributed by atoms with Crippen LogP contribution >= 0.6 is 12.4 Å². The number of nitrogens with zero attached hydrogens (tertiary/aromatic N) is 1. The SMILES string of the molecule is COc1ccc(CNC(=O)C2CC23CCNCC3)cc1[N+](=O)[O-].Cl. The zero-order chi connectivity index (χ0) is 16.4. The minimum atomic E-state index is -0.477. The maximum absolute atomic E-state index is 12.3. The standard InChI is InChI=1S/C16H21N3O4.ClH/c1-23-14-3-2-11(8-13(14)19(21)22)10-18-15(20)12-9-16(12)4-6-17-7-5-16;/h2-3,8,12,17H,4-7,9-10H2,1H3,(H,18,20);1H. The number of carbonyl (C=O) groups excluding carboxylic acids is 1. The first kappa shape index (κ1) is 18.5. The van der Waals surface area contributed by atoms with Crippen LogP contribution in [0.1, 0.15) is 24.8 Å². The number of methoxy groups -OCH3 is 1. The molecule has 1 amide bonds. The summed E-state index contributed by atoms with van der Waals surface area (Å²) in [5, 5.41) is 17.3. The Labute approximate surface area is 146 Å².